The van der Waals surface area contributed by atoms with Gasteiger partial charge in [0, 0.05) is 39.3 Å². The Morgan fingerprint density at radius 1 is 1.33 bits per heavy atom. The molecule has 3 heterocycles. The van der Waals surface area contributed by atoms with Gasteiger partial charge in [0.2, 0.25) is 0 Å². The molecule has 2 aromatic heterocycles. The summed E-state index contributed by atoms with van der Waals surface area (Å²) < 4.78 is 2.63. The van der Waals surface area contributed by atoms with Gasteiger partial charge in [0.05, 0.1) is 10.2 Å². The molecular weight excluding hydrogens is 388 g/mol. The fourth-order valence-electron chi connectivity index (χ4n) is 3.12. The average Bonchev–Trinajstić information content (AvgIpc) is 3.10. The van der Waals surface area contributed by atoms with Gasteiger partial charge < -0.3 is 4.90 Å². The highest BCUT2D eigenvalue weighted by atomic mass is 79.9. The summed E-state index contributed by atoms with van der Waals surface area (Å²) in [5.41, 5.74) is 2.91. The molecule has 0 aliphatic carbocycles. The third-order valence-corrected chi connectivity index (χ3v) is 6.10. The second-order valence-corrected chi connectivity index (χ2v) is 7.69. The number of carbonyl (C=O) groups is 1. The van der Waals surface area contributed by atoms with E-state index in [1.807, 2.05) is 18.7 Å². The van der Waals surface area contributed by atoms with Crippen molar-refractivity contribution in [3.63, 3.8) is 0 Å². The Hall–Kier alpha value is -1.18. The largest absolute Gasteiger partial charge is 0.336 e. The van der Waals surface area contributed by atoms with Gasteiger partial charge in [-0.1, -0.05) is 0 Å². The van der Waals surface area contributed by atoms with Gasteiger partial charge in [0.15, 0.2) is 0 Å². The summed E-state index contributed by atoms with van der Waals surface area (Å²) in [5, 5.41) is 8.77. The van der Waals surface area contributed by atoms with Crippen molar-refractivity contribution in [3.8, 4) is 0 Å². The predicted molar refractivity (Wildman–Crippen MR) is 100 cm³/mol. The number of hydrogen-bond donors (Lipinski definition) is 0. The van der Waals surface area contributed by atoms with E-state index in [9.17, 15) is 4.79 Å². The molecular formula is C17H23BrN4OS. The molecule has 1 aliphatic rings. The van der Waals surface area contributed by atoms with Crippen LogP contribution in [0.2, 0.25) is 0 Å². The number of hydrogen-bond acceptors (Lipinski definition) is 4. The molecule has 24 heavy (non-hydrogen) atoms. The number of nitrogens with zero attached hydrogens (tertiary/aromatic N) is 4. The van der Waals surface area contributed by atoms with Crippen LogP contribution in [0.25, 0.3) is 0 Å². The van der Waals surface area contributed by atoms with E-state index in [1.54, 1.807) is 16.0 Å². The van der Waals surface area contributed by atoms with Gasteiger partial charge in [0.25, 0.3) is 5.91 Å². The molecule has 1 fully saturated rings. The van der Waals surface area contributed by atoms with Gasteiger partial charge in [-0.05, 0) is 58.6 Å². The number of carbonyl (C=O) groups excluding carboxylic acids is 1. The molecule has 1 saturated heterocycles. The van der Waals surface area contributed by atoms with Crippen LogP contribution in [0.1, 0.15) is 35.1 Å². The lowest BCUT2D eigenvalue weighted by Gasteiger charge is -2.22. The number of aryl methyl sites for hydroxylation is 2. The van der Waals surface area contributed by atoms with Crippen LogP contribution < -0.4 is 0 Å². The summed E-state index contributed by atoms with van der Waals surface area (Å²) in [6.45, 7) is 9.14. The van der Waals surface area contributed by atoms with Crippen molar-refractivity contribution in [2.75, 3.05) is 26.2 Å². The van der Waals surface area contributed by atoms with Crippen LogP contribution in [-0.4, -0.2) is 51.7 Å². The summed E-state index contributed by atoms with van der Waals surface area (Å²) in [7, 11) is 0. The van der Waals surface area contributed by atoms with Crippen molar-refractivity contribution < 1.29 is 4.79 Å². The molecule has 0 unspecified atom stereocenters. The number of halogens is 1. The van der Waals surface area contributed by atoms with E-state index < -0.39 is 0 Å². The lowest BCUT2D eigenvalue weighted by Crippen LogP contribution is -2.36. The monoisotopic (exact) mass is 410 g/mol. The molecule has 1 aliphatic heterocycles. The van der Waals surface area contributed by atoms with Gasteiger partial charge >= 0.3 is 0 Å². The Balaban J connectivity index is 1.68. The SMILES string of the molecule is CCn1nc(C)c(Br)c1C(=O)N1CCCN(Cc2ccsc2)CC1. The molecule has 2 aromatic rings. The highest BCUT2D eigenvalue weighted by Crippen LogP contribution is 2.23. The first-order chi connectivity index (χ1) is 11.6. The number of thiophene rings is 1. The van der Waals surface area contributed by atoms with Crippen LogP contribution in [0.15, 0.2) is 21.3 Å². The Morgan fingerprint density at radius 3 is 2.88 bits per heavy atom. The third-order valence-electron chi connectivity index (χ3n) is 4.42. The maximum atomic E-state index is 13.0. The zero-order chi connectivity index (χ0) is 17.1. The Bertz CT molecular complexity index is 698. The molecule has 0 spiro atoms. The van der Waals surface area contributed by atoms with E-state index in [1.165, 1.54) is 5.56 Å². The molecule has 0 bridgehead atoms. The van der Waals surface area contributed by atoms with E-state index in [0.29, 0.717) is 12.2 Å². The van der Waals surface area contributed by atoms with Crippen molar-refractivity contribution in [2.24, 2.45) is 0 Å². The summed E-state index contributed by atoms with van der Waals surface area (Å²) in [4.78, 5) is 17.4. The maximum Gasteiger partial charge on any atom is 0.273 e. The summed E-state index contributed by atoms with van der Waals surface area (Å²) in [6, 6.07) is 2.18. The quantitative estimate of drug-likeness (QED) is 0.775. The van der Waals surface area contributed by atoms with Gasteiger partial charge in [-0.2, -0.15) is 16.4 Å². The maximum absolute atomic E-state index is 13.0. The molecule has 0 saturated carbocycles. The molecule has 7 heteroatoms. The molecule has 130 valence electrons. The van der Waals surface area contributed by atoms with Crippen LogP contribution >= 0.6 is 27.3 Å². The highest BCUT2D eigenvalue weighted by molar-refractivity contribution is 9.10. The summed E-state index contributed by atoms with van der Waals surface area (Å²) >= 11 is 5.28. The van der Waals surface area contributed by atoms with Crippen molar-refractivity contribution in [1.82, 2.24) is 19.6 Å². The Kier molecular flexibility index (Phi) is 5.73. The van der Waals surface area contributed by atoms with Crippen molar-refractivity contribution >= 4 is 33.2 Å². The summed E-state index contributed by atoms with van der Waals surface area (Å²) in [6.07, 6.45) is 1.01. The molecule has 0 N–H and O–H groups in total. The van der Waals surface area contributed by atoms with Crippen molar-refractivity contribution in [1.29, 1.82) is 0 Å². The summed E-state index contributed by atoms with van der Waals surface area (Å²) in [5.74, 6) is 0.0849. The van der Waals surface area contributed by atoms with Gasteiger partial charge in [-0.25, -0.2) is 0 Å². The number of amides is 1. The fourth-order valence-corrected chi connectivity index (χ4v) is 4.23. The van der Waals surface area contributed by atoms with Crippen LogP contribution in [0.4, 0.5) is 0 Å². The van der Waals surface area contributed by atoms with E-state index >= 15 is 0 Å². The molecule has 0 atom stereocenters. The first-order valence-electron chi connectivity index (χ1n) is 8.35. The van der Waals surface area contributed by atoms with Crippen molar-refractivity contribution in [2.45, 2.75) is 33.4 Å². The van der Waals surface area contributed by atoms with E-state index in [2.05, 4.69) is 42.8 Å². The standard InChI is InChI=1S/C17H23BrN4OS/c1-3-22-16(15(18)13(2)19-22)17(23)21-7-4-6-20(8-9-21)11-14-5-10-24-12-14/h5,10,12H,3-4,6-9,11H2,1-2H3. The molecule has 1 amide bonds. The van der Waals surface area contributed by atoms with E-state index in [-0.39, 0.29) is 5.91 Å². The predicted octanol–water partition coefficient (Wildman–Crippen LogP) is 3.38. The lowest BCUT2D eigenvalue weighted by molar-refractivity contribution is 0.0747. The number of rotatable bonds is 4. The second-order valence-electron chi connectivity index (χ2n) is 6.12. The normalized spacial score (nSPS) is 16.4. The molecule has 3 rings (SSSR count). The minimum atomic E-state index is 0.0849. The van der Waals surface area contributed by atoms with E-state index in [0.717, 1.165) is 49.3 Å². The van der Waals surface area contributed by atoms with Crippen LogP contribution in [0, 0.1) is 6.92 Å². The Morgan fingerprint density at radius 2 is 2.17 bits per heavy atom. The average molecular weight is 411 g/mol. The first kappa shape index (κ1) is 17.6. The fraction of sp³-hybridized carbons (Fsp3) is 0.529. The van der Waals surface area contributed by atoms with E-state index in [4.69, 9.17) is 0 Å². The molecule has 5 nitrogen and oxygen atoms in total. The highest BCUT2D eigenvalue weighted by Gasteiger charge is 2.26. The zero-order valence-electron chi connectivity index (χ0n) is 14.2. The second kappa shape index (κ2) is 7.80. The van der Waals surface area contributed by atoms with Crippen LogP contribution in [0.5, 0.6) is 0 Å². The van der Waals surface area contributed by atoms with Crippen molar-refractivity contribution in [3.05, 3.63) is 38.3 Å². The lowest BCUT2D eigenvalue weighted by atomic mass is 10.3. The minimum Gasteiger partial charge on any atom is -0.336 e. The first-order valence-corrected chi connectivity index (χ1v) is 10.1. The van der Waals surface area contributed by atoms with Gasteiger partial charge in [-0.3, -0.25) is 14.4 Å². The Labute approximate surface area is 155 Å². The van der Waals surface area contributed by atoms with Crippen LogP contribution in [-0.2, 0) is 13.1 Å². The smallest absolute Gasteiger partial charge is 0.273 e. The molecule has 0 radical (unpaired) electrons. The number of aromatic nitrogens is 2. The van der Waals surface area contributed by atoms with Gasteiger partial charge in [0.1, 0.15) is 5.69 Å². The third kappa shape index (κ3) is 3.73. The molecule has 0 aromatic carbocycles. The zero-order valence-corrected chi connectivity index (χ0v) is 16.6. The minimum absolute atomic E-state index is 0.0849. The van der Waals surface area contributed by atoms with Crippen LogP contribution in [0.3, 0.4) is 0 Å². The topological polar surface area (TPSA) is 41.4 Å². The van der Waals surface area contributed by atoms with Gasteiger partial charge in [-0.15, -0.1) is 0 Å².